The van der Waals surface area contributed by atoms with Gasteiger partial charge in [0.2, 0.25) is 17.6 Å². The van der Waals surface area contributed by atoms with E-state index in [1.54, 1.807) is 0 Å². The van der Waals surface area contributed by atoms with Gasteiger partial charge in [0.05, 0.1) is 0 Å². The first-order valence-corrected chi connectivity index (χ1v) is 9.71. The molecule has 0 aromatic carbocycles. The summed E-state index contributed by atoms with van der Waals surface area (Å²) in [7, 11) is 1.90. The Balaban J connectivity index is 2.62. The Labute approximate surface area is 156 Å². The second kappa shape index (κ2) is 8.70. The zero-order chi connectivity index (χ0) is 19.3. The maximum Gasteiger partial charge on any atom is 0.229 e. The van der Waals surface area contributed by atoms with Crippen molar-refractivity contribution in [3.63, 3.8) is 0 Å². The van der Waals surface area contributed by atoms with E-state index in [9.17, 15) is 8.78 Å². The van der Waals surface area contributed by atoms with Gasteiger partial charge in [-0.1, -0.05) is 40.5 Å². The predicted octanol–water partition coefficient (Wildman–Crippen LogP) is 5.66. The molecule has 0 bridgehead atoms. The molecular weight excluding hydrogens is 330 g/mol. The molecule has 0 radical (unpaired) electrons. The first-order valence-electron chi connectivity index (χ1n) is 9.71. The molecule has 0 aliphatic rings. The van der Waals surface area contributed by atoms with Crippen molar-refractivity contribution in [3.05, 3.63) is 47.4 Å². The second-order valence-electron chi connectivity index (χ2n) is 7.41. The van der Waals surface area contributed by atoms with E-state index in [0.29, 0.717) is 11.1 Å². The zero-order valence-corrected chi connectivity index (χ0v) is 16.7. The highest BCUT2D eigenvalue weighted by molar-refractivity contribution is 5.63. The molecule has 0 fully saturated rings. The Morgan fingerprint density at radius 3 is 2.38 bits per heavy atom. The van der Waals surface area contributed by atoms with Crippen LogP contribution in [-0.2, 0) is 18.9 Å². The fraction of sp³-hybridized carbons (Fsp3) is 0.545. The SMILES string of the molecule is CCCCCc1cc[n+](C)c(-c2c(C(C)(CC)CC)cc(F)nc2F)c1. The molecule has 2 heterocycles. The molecule has 2 nitrogen and oxygen atoms in total. The average Bonchev–Trinajstić information content (AvgIpc) is 2.62. The Morgan fingerprint density at radius 2 is 1.77 bits per heavy atom. The lowest BCUT2D eigenvalue weighted by Crippen LogP contribution is -2.33. The third-order valence-corrected chi connectivity index (χ3v) is 5.69. The van der Waals surface area contributed by atoms with Crippen LogP contribution in [0, 0.1) is 11.9 Å². The number of pyridine rings is 2. The molecule has 0 amide bonds. The minimum atomic E-state index is -0.754. The largest absolute Gasteiger partial charge is 0.229 e. The highest BCUT2D eigenvalue weighted by Gasteiger charge is 2.32. The second-order valence-corrected chi connectivity index (χ2v) is 7.41. The Hall–Kier alpha value is -1.84. The standard InChI is InChI=1S/C22H31F2N2/c1-6-9-10-11-16-12-13-26(5)18(14-16)20-17(22(4,7-2)8-3)15-19(23)25-21(20)24/h12-15H,6-11H2,1-5H3/q+1. The summed E-state index contributed by atoms with van der Waals surface area (Å²) in [4.78, 5) is 3.49. The summed E-state index contributed by atoms with van der Waals surface area (Å²) in [5.74, 6) is -1.48. The van der Waals surface area contributed by atoms with Gasteiger partial charge in [-0.2, -0.15) is 13.8 Å². The number of hydrogen-bond acceptors (Lipinski definition) is 1. The van der Waals surface area contributed by atoms with Gasteiger partial charge in [-0.3, -0.25) is 0 Å². The van der Waals surface area contributed by atoms with Gasteiger partial charge < -0.3 is 0 Å². The molecule has 0 aliphatic carbocycles. The number of halogens is 2. The quantitative estimate of drug-likeness (QED) is 0.337. The average molecular weight is 362 g/mol. The summed E-state index contributed by atoms with van der Waals surface area (Å²) in [5.41, 5.74) is 2.76. The molecule has 26 heavy (non-hydrogen) atoms. The van der Waals surface area contributed by atoms with Crippen molar-refractivity contribution in [1.82, 2.24) is 4.98 Å². The molecule has 0 saturated carbocycles. The topological polar surface area (TPSA) is 16.8 Å². The lowest BCUT2D eigenvalue weighted by atomic mass is 9.75. The highest BCUT2D eigenvalue weighted by Crippen LogP contribution is 2.38. The van der Waals surface area contributed by atoms with Crippen LogP contribution in [0.3, 0.4) is 0 Å². The van der Waals surface area contributed by atoms with Gasteiger partial charge in [0.15, 0.2) is 6.20 Å². The molecule has 0 N–H and O–H groups in total. The molecule has 142 valence electrons. The summed E-state index contributed by atoms with van der Waals surface area (Å²) >= 11 is 0. The van der Waals surface area contributed by atoms with Crippen molar-refractivity contribution in [2.75, 3.05) is 0 Å². The van der Waals surface area contributed by atoms with E-state index < -0.39 is 11.9 Å². The van der Waals surface area contributed by atoms with Crippen molar-refractivity contribution in [1.29, 1.82) is 0 Å². The molecule has 0 aliphatic heterocycles. The fourth-order valence-electron chi connectivity index (χ4n) is 3.43. The fourth-order valence-corrected chi connectivity index (χ4v) is 3.43. The van der Waals surface area contributed by atoms with Crippen molar-refractivity contribution in [2.45, 2.75) is 71.6 Å². The number of hydrogen-bond donors (Lipinski definition) is 0. The Kier molecular flexibility index (Phi) is 6.85. The van der Waals surface area contributed by atoms with Gasteiger partial charge in [0.1, 0.15) is 12.6 Å². The van der Waals surface area contributed by atoms with Gasteiger partial charge in [-0.25, -0.2) is 4.57 Å². The molecule has 0 saturated heterocycles. The van der Waals surface area contributed by atoms with Crippen molar-refractivity contribution >= 4 is 0 Å². The normalized spacial score (nSPS) is 11.8. The maximum absolute atomic E-state index is 14.9. The number of aryl methyl sites for hydroxylation is 2. The highest BCUT2D eigenvalue weighted by atomic mass is 19.1. The molecule has 0 unspecified atom stereocenters. The summed E-state index contributed by atoms with van der Waals surface area (Å²) in [6.45, 7) is 8.36. The monoisotopic (exact) mass is 361 g/mol. The number of rotatable bonds is 8. The smallest absolute Gasteiger partial charge is 0.201 e. The summed E-state index contributed by atoms with van der Waals surface area (Å²) < 4.78 is 30.7. The van der Waals surface area contributed by atoms with E-state index in [0.717, 1.165) is 31.4 Å². The molecule has 2 aromatic rings. The van der Waals surface area contributed by atoms with Crippen LogP contribution >= 0.6 is 0 Å². The van der Waals surface area contributed by atoms with E-state index >= 15 is 0 Å². The maximum atomic E-state index is 14.9. The summed E-state index contributed by atoms with van der Waals surface area (Å²) in [5, 5.41) is 0. The number of aromatic nitrogens is 2. The molecule has 2 aromatic heterocycles. The summed E-state index contributed by atoms with van der Waals surface area (Å²) in [6.07, 6.45) is 7.99. The van der Waals surface area contributed by atoms with E-state index in [4.69, 9.17) is 0 Å². The van der Waals surface area contributed by atoms with E-state index in [2.05, 4.69) is 38.7 Å². The van der Waals surface area contributed by atoms with E-state index in [1.165, 1.54) is 24.5 Å². The Bertz CT molecular complexity index is 752. The minimum Gasteiger partial charge on any atom is -0.201 e. The predicted molar refractivity (Wildman–Crippen MR) is 102 cm³/mol. The zero-order valence-electron chi connectivity index (χ0n) is 16.7. The Morgan fingerprint density at radius 1 is 1.08 bits per heavy atom. The third-order valence-electron chi connectivity index (χ3n) is 5.69. The van der Waals surface area contributed by atoms with Gasteiger partial charge in [0.25, 0.3) is 0 Å². The van der Waals surface area contributed by atoms with Crippen molar-refractivity contribution in [2.24, 2.45) is 7.05 Å². The summed E-state index contributed by atoms with van der Waals surface area (Å²) in [6, 6.07) is 5.52. The lowest BCUT2D eigenvalue weighted by Gasteiger charge is -2.29. The van der Waals surface area contributed by atoms with Crippen molar-refractivity contribution in [3.8, 4) is 11.3 Å². The molecule has 0 spiro atoms. The van der Waals surface area contributed by atoms with E-state index in [1.807, 2.05) is 23.9 Å². The van der Waals surface area contributed by atoms with Crippen LogP contribution in [0.2, 0.25) is 0 Å². The number of nitrogens with zero attached hydrogens (tertiary/aromatic N) is 2. The van der Waals surface area contributed by atoms with Crippen molar-refractivity contribution < 1.29 is 13.3 Å². The van der Waals surface area contributed by atoms with Gasteiger partial charge in [-0.15, -0.1) is 0 Å². The lowest BCUT2D eigenvalue weighted by molar-refractivity contribution is -0.660. The van der Waals surface area contributed by atoms with Crippen LogP contribution < -0.4 is 4.57 Å². The van der Waals surface area contributed by atoms with Gasteiger partial charge in [-0.05, 0) is 48.3 Å². The van der Waals surface area contributed by atoms with Crippen LogP contribution in [0.4, 0.5) is 8.78 Å². The van der Waals surface area contributed by atoms with Gasteiger partial charge in [0, 0.05) is 12.1 Å². The third kappa shape index (κ3) is 4.28. The molecule has 2 rings (SSSR count). The molecule has 4 heteroatoms. The minimum absolute atomic E-state index is 0.300. The van der Waals surface area contributed by atoms with Gasteiger partial charge >= 0.3 is 0 Å². The van der Waals surface area contributed by atoms with Crippen LogP contribution in [0.15, 0.2) is 24.4 Å². The first kappa shape index (κ1) is 20.5. The number of unbranched alkanes of at least 4 members (excludes halogenated alkanes) is 2. The van der Waals surface area contributed by atoms with Crippen LogP contribution in [0.25, 0.3) is 11.3 Å². The first-order chi connectivity index (χ1) is 12.4. The molecular formula is C22H31F2N2+. The van der Waals surface area contributed by atoms with Crippen LogP contribution in [0.5, 0.6) is 0 Å². The van der Waals surface area contributed by atoms with Crippen LogP contribution in [0.1, 0.15) is 70.9 Å². The van der Waals surface area contributed by atoms with Crippen LogP contribution in [-0.4, -0.2) is 4.98 Å². The molecule has 0 atom stereocenters. The van der Waals surface area contributed by atoms with E-state index in [-0.39, 0.29) is 5.41 Å².